The molecule has 2 aromatic carbocycles. The van der Waals surface area contributed by atoms with Crippen molar-refractivity contribution in [3.05, 3.63) is 74.7 Å². The summed E-state index contributed by atoms with van der Waals surface area (Å²) < 4.78 is 8.73. The second kappa shape index (κ2) is 9.62. The van der Waals surface area contributed by atoms with E-state index in [2.05, 4.69) is 50.3 Å². The second-order valence-electron chi connectivity index (χ2n) is 6.03. The standard InChI is InChI=1S/C20H21BrN4OS/c1-2-12-26-18-10-8-16(13-17(18)21)14-22-25-19(23-24-20(25)27)11-9-15-6-4-3-5-7-15/h3-8,10,13-14H,2,9,11-12H2,1H3,(H,24,27)/b22-14-. The molecule has 0 saturated heterocycles. The number of aromatic amines is 1. The highest BCUT2D eigenvalue weighted by atomic mass is 79.9. The Balaban J connectivity index is 1.72. The monoisotopic (exact) mass is 444 g/mol. The number of hydrogen-bond acceptors (Lipinski definition) is 4. The summed E-state index contributed by atoms with van der Waals surface area (Å²) in [5.41, 5.74) is 2.20. The van der Waals surface area contributed by atoms with E-state index in [1.807, 2.05) is 36.4 Å². The Labute approximate surface area is 172 Å². The van der Waals surface area contributed by atoms with Gasteiger partial charge in [-0.1, -0.05) is 37.3 Å². The van der Waals surface area contributed by atoms with Gasteiger partial charge in [-0.15, -0.1) is 0 Å². The van der Waals surface area contributed by atoms with Crippen LogP contribution in [0.25, 0.3) is 0 Å². The number of H-pyrrole nitrogens is 1. The molecule has 0 radical (unpaired) electrons. The minimum absolute atomic E-state index is 0.483. The van der Waals surface area contributed by atoms with Crippen LogP contribution in [0.1, 0.15) is 30.3 Å². The van der Waals surface area contributed by atoms with Crippen LogP contribution in [0.3, 0.4) is 0 Å². The van der Waals surface area contributed by atoms with Crippen molar-refractivity contribution in [1.82, 2.24) is 14.9 Å². The smallest absolute Gasteiger partial charge is 0.216 e. The van der Waals surface area contributed by atoms with Gasteiger partial charge in [0.05, 0.1) is 17.3 Å². The molecule has 3 rings (SSSR count). The molecule has 0 bridgehead atoms. The first kappa shape index (κ1) is 19.5. The minimum Gasteiger partial charge on any atom is -0.492 e. The summed E-state index contributed by atoms with van der Waals surface area (Å²) in [6.45, 7) is 2.78. The van der Waals surface area contributed by atoms with E-state index >= 15 is 0 Å². The maximum atomic E-state index is 5.68. The lowest BCUT2D eigenvalue weighted by molar-refractivity contribution is 0.315. The minimum atomic E-state index is 0.483. The first-order valence-electron chi connectivity index (χ1n) is 8.84. The third-order valence-corrected chi connectivity index (χ3v) is 4.82. The van der Waals surface area contributed by atoms with Gasteiger partial charge in [0.25, 0.3) is 0 Å². The molecule has 3 aromatic rings. The molecule has 0 atom stereocenters. The first-order valence-corrected chi connectivity index (χ1v) is 10.0. The lowest BCUT2D eigenvalue weighted by Crippen LogP contribution is -2.01. The number of nitrogens with one attached hydrogen (secondary N) is 1. The van der Waals surface area contributed by atoms with Crippen LogP contribution in [0.5, 0.6) is 5.75 Å². The summed E-state index contributed by atoms with van der Waals surface area (Å²) in [5.74, 6) is 1.64. The molecule has 1 N–H and O–H groups in total. The molecular weight excluding hydrogens is 424 g/mol. The Morgan fingerprint density at radius 2 is 2.04 bits per heavy atom. The van der Waals surface area contributed by atoms with Crippen LogP contribution < -0.4 is 4.74 Å². The molecule has 0 spiro atoms. The predicted molar refractivity (Wildman–Crippen MR) is 114 cm³/mol. The van der Waals surface area contributed by atoms with Crippen molar-refractivity contribution in [2.75, 3.05) is 6.61 Å². The van der Waals surface area contributed by atoms with E-state index in [1.54, 1.807) is 10.9 Å². The van der Waals surface area contributed by atoms with Crippen LogP contribution in [0.2, 0.25) is 0 Å². The highest BCUT2D eigenvalue weighted by Crippen LogP contribution is 2.25. The van der Waals surface area contributed by atoms with Crippen molar-refractivity contribution in [3.63, 3.8) is 0 Å². The zero-order valence-electron chi connectivity index (χ0n) is 15.1. The highest BCUT2D eigenvalue weighted by Gasteiger charge is 2.06. The molecule has 0 amide bonds. The quantitative estimate of drug-likeness (QED) is 0.385. The largest absolute Gasteiger partial charge is 0.492 e. The summed E-state index contributed by atoms with van der Waals surface area (Å²) in [7, 11) is 0. The van der Waals surface area contributed by atoms with Gasteiger partial charge in [-0.2, -0.15) is 14.9 Å². The number of hydrogen-bond donors (Lipinski definition) is 1. The average Bonchev–Trinajstić information content (AvgIpc) is 3.04. The molecule has 0 fully saturated rings. The Morgan fingerprint density at radius 3 is 2.78 bits per heavy atom. The van der Waals surface area contributed by atoms with Crippen LogP contribution in [0.4, 0.5) is 0 Å². The summed E-state index contributed by atoms with van der Waals surface area (Å²) in [5, 5.41) is 11.7. The van der Waals surface area contributed by atoms with Crippen LogP contribution in [-0.2, 0) is 12.8 Å². The number of halogens is 1. The Hall–Kier alpha value is -2.25. The Morgan fingerprint density at radius 1 is 1.22 bits per heavy atom. The van der Waals surface area contributed by atoms with Gasteiger partial charge in [-0.25, -0.2) is 0 Å². The molecule has 0 unspecified atom stereocenters. The SMILES string of the molecule is CCCOc1ccc(/C=N\n2c(CCc3ccccc3)n[nH]c2=S)cc1Br. The van der Waals surface area contributed by atoms with Crippen LogP contribution in [0, 0.1) is 4.77 Å². The van der Waals surface area contributed by atoms with Crippen molar-refractivity contribution in [2.45, 2.75) is 26.2 Å². The van der Waals surface area contributed by atoms with Crippen molar-refractivity contribution in [2.24, 2.45) is 5.10 Å². The lowest BCUT2D eigenvalue weighted by Gasteiger charge is -2.07. The summed E-state index contributed by atoms with van der Waals surface area (Å²) in [4.78, 5) is 0. The second-order valence-corrected chi connectivity index (χ2v) is 7.27. The van der Waals surface area contributed by atoms with Gasteiger partial charge in [0, 0.05) is 6.42 Å². The van der Waals surface area contributed by atoms with Gasteiger partial charge in [-0.05, 0) is 70.3 Å². The lowest BCUT2D eigenvalue weighted by atomic mass is 10.1. The number of nitrogens with zero attached hydrogens (tertiary/aromatic N) is 3. The van der Waals surface area contributed by atoms with E-state index in [4.69, 9.17) is 17.0 Å². The van der Waals surface area contributed by atoms with Gasteiger partial charge >= 0.3 is 0 Å². The fraction of sp³-hybridized carbons (Fsp3) is 0.250. The summed E-state index contributed by atoms with van der Waals surface area (Å²) in [6, 6.07) is 16.2. The maximum Gasteiger partial charge on any atom is 0.216 e. The van der Waals surface area contributed by atoms with Gasteiger partial charge in [0.1, 0.15) is 5.75 Å². The zero-order chi connectivity index (χ0) is 19.1. The van der Waals surface area contributed by atoms with E-state index in [9.17, 15) is 0 Å². The third-order valence-electron chi connectivity index (χ3n) is 3.94. The zero-order valence-corrected chi connectivity index (χ0v) is 17.5. The molecule has 0 saturated carbocycles. The van der Waals surface area contributed by atoms with Gasteiger partial charge in [0.2, 0.25) is 4.77 Å². The fourth-order valence-electron chi connectivity index (χ4n) is 2.56. The molecule has 1 heterocycles. The molecule has 27 heavy (non-hydrogen) atoms. The van der Waals surface area contributed by atoms with E-state index in [-0.39, 0.29) is 0 Å². The van der Waals surface area contributed by atoms with Crippen molar-refractivity contribution < 1.29 is 4.74 Å². The molecule has 5 nitrogen and oxygen atoms in total. The average molecular weight is 445 g/mol. The van der Waals surface area contributed by atoms with Crippen molar-refractivity contribution in [3.8, 4) is 5.75 Å². The molecular formula is C20H21BrN4OS. The van der Waals surface area contributed by atoms with Crippen molar-refractivity contribution >= 4 is 34.4 Å². The van der Waals surface area contributed by atoms with E-state index in [0.717, 1.165) is 40.9 Å². The van der Waals surface area contributed by atoms with Gasteiger partial charge in [0.15, 0.2) is 5.82 Å². The van der Waals surface area contributed by atoms with Crippen LogP contribution in [-0.4, -0.2) is 27.7 Å². The first-order chi connectivity index (χ1) is 13.2. The Kier molecular flexibility index (Phi) is 6.95. The molecule has 0 aliphatic rings. The van der Waals surface area contributed by atoms with Crippen LogP contribution >= 0.6 is 28.1 Å². The number of aryl methyl sites for hydroxylation is 2. The molecule has 7 heteroatoms. The molecule has 140 valence electrons. The number of rotatable bonds is 8. The molecule has 0 aliphatic carbocycles. The molecule has 1 aromatic heterocycles. The topological polar surface area (TPSA) is 55.2 Å². The van der Waals surface area contributed by atoms with Gasteiger partial charge < -0.3 is 4.74 Å². The number of aromatic nitrogens is 3. The number of ether oxygens (including phenoxy) is 1. The number of benzene rings is 2. The highest BCUT2D eigenvalue weighted by molar-refractivity contribution is 9.10. The third kappa shape index (κ3) is 5.37. The summed E-state index contributed by atoms with van der Waals surface area (Å²) in [6.07, 6.45) is 4.37. The predicted octanol–water partition coefficient (Wildman–Crippen LogP) is 5.16. The Bertz CT molecular complexity index is 966. The van der Waals surface area contributed by atoms with Crippen molar-refractivity contribution in [1.29, 1.82) is 0 Å². The normalized spacial score (nSPS) is 11.2. The van der Waals surface area contributed by atoms with E-state index in [1.165, 1.54) is 5.56 Å². The fourth-order valence-corrected chi connectivity index (χ4v) is 3.27. The van der Waals surface area contributed by atoms with E-state index in [0.29, 0.717) is 11.4 Å². The molecule has 0 aliphatic heterocycles. The summed E-state index contributed by atoms with van der Waals surface area (Å²) >= 11 is 8.86. The maximum absolute atomic E-state index is 5.68. The van der Waals surface area contributed by atoms with Gasteiger partial charge in [-0.3, -0.25) is 5.10 Å². The van der Waals surface area contributed by atoms with Crippen LogP contribution in [0.15, 0.2) is 58.1 Å². The van der Waals surface area contributed by atoms with E-state index < -0.39 is 0 Å².